The number of nitrogens with one attached hydrogen (secondary N) is 1. The van der Waals surface area contributed by atoms with Crippen LogP contribution in [0.4, 0.5) is 0 Å². The lowest BCUT2D eigenvalue weighted by Crippen LogP contribution is -2.37. The summed E-state index contributed by atoms with van der Waals surface area (Å²) in [6.45, 7) is 3.46. The first-order valence-electron chi connectivity index (χ1n) is 6.33. The number of carbonyl (C=O) groups excluding carboxylic acids is 2. The lowest BCUT2D eigenvalue weighted by molar-refractivity contribution is -0.148. The van der Waals surface area contributed by atoms with E-state index in [2.05, 4.69) is 5.32 Å². The van der Waals surface area contributed by atoms with Crippen LogP contribution in [0.2, 0.25) is 0 Å². The van der Waals surface area contributed by atoms with Gasteiger partial charge in [0.2, 0.25) is 5.91 Å². The number of ether oxygens (including phenoxy) is 2. The Kier molecular flexibility index (Phi) is 6.67. The third-order valence-corrected chi connectivity index (χ3v) is 2.50. The van der Waals surface area contributed by atoms with Crippen LogP contribution in [0, 0.1) is 0 Å². The maximum atomic E-state index is 11.5. The highest BCUT2D eigenvalue weighted by molar-refractivity contribution is 5.78. The number of likely N-dealkylation sites (N-methyl/N-ethyl adjacent to an activating group) is 1. The van der Waals surface area contributed by atoms with Crippen molar-refractivity contribution in [1.29, 1.82) is 0 Å². The zero-order valence-corrected chi connectivity index (χ0v) is 11.1. The molecule has 0 bridgehead atoms. The van der Waals surface area contributed by atoms with E-state index in [0.717, 1.165) is 12.8 Å². The van der Waals surface area contributed by atoms with Crippen LogP contribution in [0.1, 0.15) is 19.8 Å². The van der Waals surface area contributed by atoms with E-state index in [1.807, 2.05) is 11.9 Å². The average molecular weight is 258 g/mol. The number of carbonyl (C=O) groups is 2. The summed E-state index contributed by atoms with van der Waals surface area (Å²) >= 11 is 0. The predicted octanol–water partition coefficient (Wildman–Crippen LogP) is -0.223. The second-order valence-corrected chi connectivity index (χ2v) is 4.44. The summed E-state index contributed by atoms with van der Waals surface area (Å²) in [5.41, 5.74) is 0. The van der Waals surface area contributed by atoms with Gasteiger partial charge in [-0.3, -0.25) is 9.69 Å². The molecule has 0 saturated heterocycles. The third kappa shape index (κ3) is 7.24. The molecule has 1 rings (SSSR count). The highest BCUT2D eigenvalue weighted by Crippen LogP contribution is 2.18. The molecule has 1 aliphatic rings. The highest BCUT2D eigenvalue weighted by Gasteiger charge is 2.23. The standard InChI is InChI=1S/C12H22N2O4/c1-3-18-12(16)9-17-7-6-14(2)8-11(15)13-10-4-5-10/h10H,3-9H2,1-2H3,(H,13,15). The SMILES string of the molecule is CCOC(=O)COCCN(C)CC(=O)NC1CC1. The van der Waals surface area contributed by atoms with E-state index in [1.165, 1.54) is 0 Å². The van der Waals surface area contributed by atoms with Gasteiger partial charge in [-0.2, -0.15) is 0 Å². The Balaban J connectivity index is 1.96. The molecule has 0 heterocycles. The Hall–Kier alpha value is -1.14. The highest BCUT2D eigenvalue weighted by atomic mass is 16.6. The normalized spacial score (nSPS) is 14.6. The number of amides is 1. The van der Waals surface area contributed by atoms with Crippen molar-refractivity contribution < 1.29 is 19.1 Å². The van der Waals surface area contributed by atoms with Crippen molar-refractivity contribution in [1.82, 2.24) is 10.2 Å². The molecule has 0 aromatic heterocycles. The first-order valence-corrected chi connectivity index (χ1v) is 6.33. The van der Waals surface area contributed by atoms with E-state index in [4.69, 9.17) is 9.47 Å². The molecule has 1 amide bonds. The van der Waals surface area contributed by atoms with Gasteiger partial charge in [-0.05, 0) is 26.8 Å². The summed E-state index contributed by atoms with van der Waals surface area (Å²) < 4.78 is 9.87. The summed E-state index contributed by atoms with van der Waals surface area (Å²) in [6, 6.07) is 0.394. The minimum Gasteiger partial charge on any atom is -0.464 e. The minimum atomic E-state index is -0.355. The van der Waals surface area contributed by atoms with Crippen molar-refractivity contribution in [2.45, 2.75) is 25.8 Å². The molecule has 1 N–H and O–H groups in total. The monoisotopic (exact) mass is 258 g/mol. The van der Waals surface area contributed by atoms with Crippen molar-refractivity contribution in [3.63, 3.8) is 0 Å². The number of rotatable bonds is 9. The summed E-state index contributed by atoms with van der Waals surface area (Å²) in [4.78, 5) is 24.3. The lowest BCUT2D eigenvalue weighted by Gasteiger charge is -2.15. The molecule has 0 radical (unpaired) electrons. The Morgan fingerprint density at radius 2 is 2.11 bits per heavy atom. The summed E-state index contributed by atoms with van der Waals surface area (Å²) in [7, 11) is 1.85. The first-order chi connectivity index (χ1) is 8.61. The van der Waals surface area contributed by atoms with Gasteiger partial charge in [0.05, 0.1) is 19.8 Å². The van der Waals surface area contributed by atoms with Crippen molar-refractivity contribution in [3.8, 4) is 0 Å². The number of hydrogen-bond donors (Lipinski definition) is 1. The second-order valence-electron chi connectivity index (χ2n) is 4.44. The fraction of sp³-hybridized carbons (Fsp3) is 0.833. The third-order valence-electron chi connectivity index (χ3n) is 2.50. The van der Waals surface area contributed by atoms with Gasteiger partial charge < -0.3 is 14.8 Å². The van der Waals surface area contributed by atoms with Gasteiger partial charge in [0, 0.05) is 12.6 Å². The van der Waals surface area contributed by atoms with E-state index < -0.39 is 0 Å². The van der Waals surface area contributed by atoms with Gasteiger partial charge in [-0.1, -0.05) is 0 Å². The fourth-order valence-electron chi connectivity index (χ4n) is 1.40. The van der Waals surface area contributed by atoms with E-state index in [-0.39, 0.29) is 18.5 Å². The number of esters is 1. The smallest absolute Gasteiger partial charge is 0.332 e. The van der Waals surface area contributed by atoms with Crippen LogP contribution in [0.15, 0.2) is 0 Å². The van der Waals surface area contributed by atoms with Crippen molar-refractivity contribution in [3.05, 3.63) is 0 Å². The Morgan fingerprint density at radius 1 is 1.39 bits per heavy atom. The van der Waals surface area contributed by atoms with Crippen LogP contribution in [-0.2, 0) is 19.1 Å². The summed E-state index contributed by atoms with van der Waals surface area (Å²) in [5.74, 6) is -0.308. The quantitative estimate of drug-likeness (QED) is 0.457. The van der Waals surface area contributed by atoms with Crippen LogP contribution >= 0.6 is 0 Å². The number of hydrogen-bond acceptors (Lipinski definition) is 5. The van der Waals surface area contributed by atoms with Crippen LogP contribution in [0.5, 0.6) is 0 Å². The average Bonchev–Trinajstić information content (AvgIpc) is 3.08. The zero-order chi connectivity index (χ0) is 13.4. The molecule has 1 fully saturated rings. The molecule has 104 valence electrons. The largest absolute Gasteiger partial charge is 0.464 e. The lowest BCUT2D eigenvalue weighted by atomic mass is 10.4. The van der Waals surface area contributed by atoms with Gasteiger partial charge in [0.15, 0.2) is 0 Å². The molecule has 6 nitrogen and oxygen atoms in total. The first kappa shape index (κ1) is 14.9. The predicted molar refractivity (Wildman–Crippen MR) is 66.1 cm³/mol. The molecule has 0 spiro atoms. The van der Waals surface area contributed by atoms with E-state index in [1.54, 1.807) is 6.92 Å². The minimum absolute atomic E-state index is 0.0318. The maximum Gasteiger partial charge on any atom is 0.332 e. The zero-order valence-electron chi connectivity index (χ0n) is 11.1. The van der Waals surface area contributed by atoms with E-state index in [9.17, 15) is 9.59 Å². The Morgan fingerprint density at radius 3 is 2.72 bits per heavy atom. The van der Waals surface area contributed by atoms with Gasteiger partial charge in [0.1, 0.15) is 6.61 Å². The van der Waals surface area contributed by atoms with Crippen molar-refractivity contribution in [2.24, 2.45) is 0 Å². The van der Waals surface area contributed by atoms with Crippen LogP contribution < -0.4 is 5.32 Å². The van der Waals surface area contributed by atoms with Gasteiger partial charge >= 0.3 is 5.97 Å². The summed E-state index contributed by atoms with van der Waals surface area (Å²) in [5, 5.41) is 2.91. The number of nitrogens with zero attached hydrogens (tertiary/aromatic N) is 1. The maximum absolute atomic E-state index is 11.5. The van der Waals surface area contributed by atoms with Gasteiger partial charge in [-0.25, -0.2) is 4.79 Å². The summed E-state index contributed by atoms with van der Waals surface area (Å²) in [6.07, 6.45) is 2.19. The molecule has 1 aliphatic carbocycles. The van der Waals surface area contributed by atoms with E-state index in [0.29, 0.717) is 32.3 Å². The molecule has 0 aromatic rings. The van der Waals surface area contributed by atoms with Crippen LogP contribution in [0.25, 0.3) is 0 Å². The second kappa shape index (κ2) is 8.05. The van der Waals surface area contributed by atoms with Gasteiger partial charge in [0.25, 0.3) is 0 Å². The van der Waals surface area contributed by atoms with Crippen LogP contribution in [-0.4, -0.2) is 62.8 Å². The molecule has 0 unspecified atom stereocenters. The van der Waals surface area contributed by atoms with E-state index >= 15 is 0 Å². The Bertz CT molecular complexity index is 279. The molecule has 0 atom stereocenters. The molecular weight excluding hydrogens is 236 g/mol. The molecule has 0 aromatic carbocycles. The Labute approximate surface area is 108 Å². The molecule has 1 saturated carbocycles. The fourth-order valence-corrected chi connectivity index (χ4v) is 1.40. The molecular formula is C12H22N2O4. The van der Waals surface area contributed by atoms with Crippen molar-refractivity contribution >= 4 is 11.9 Å². The van der Waals surface area contributed by atoms with Gasteiger partial charge in [-0.15, -0.1) is 0 Å². The van der Waals surface area contributed by atoms with Crippen LogP contribution in [0.3, 0.4) is 0 Å². The van der Waals surface area contributed by atoms with Crippen molar-refractivity contribution in [2.75, 3.05) is 40.0 Å². The molecule has 0 aliphatic heterocycles. The molecule has 18 heavy (non-hydrogen) atoms. The molecule has 6 heteroatoms. The topological polar surface area (TPSA) is 67.9 Å².